The van der Waals surface area contributed by atoms with Crippen LogP contribution in [-0.4, -0.2) is 51.1 Å². The van der Waals surface area contributed by atoms with E-state index in [0.29, 0.717) is 18.7 Å². The number of morpholine rings is 1. The standard InChI is InChI=1S/C15H23N3O3/c19-15(20)5-6-18-11-12(9-16-18)10-17-7-8-21-14-4-2-1-3-13(14)17/h9,11,13-14H,1-8,10H2,(H,19,20)/t13-,14-/m1/s1. The fourth-order valence-corrected chi connectivity index (χ4v) is 3.43. The molecule has 0 unspecified atom stereocenters. The summed E-state index contributed by atoms with van der Waals surface area (Å²) in [4.78, 5) is 13.1. The van der Waals surface area contributed by atoms with Crippen LogP contribution in [0.2, 0.25) is 0 Å². The van der Waals surface area contributed by atoms with Gasteiger partial charge in [0.2, 0.25) is 0 Å². The van der Waals surface area contributed by atoms with Crippen molar-refractivity contribution >= 4 is 5.97 Å². The highest BCUT2D eigenvalue weighted by Gasteiger charge is 2.34. The molecule has 1 N–H and O–H groups in total. The lowest BCUT2D eigenvalue weighted by Crippen LogP contribution is -2.52. The van der Waals surface area contributed by atoms with Gasteiger partial charge in [-0.3, -0.25) is 14.4 Å². The molecule has 0 radical (unpaired) electrons. The highest BCUT2D eigenvalue weighted by molar-refractivity contribution is 5.66. The van der Waals surface area contributed by atoms with Crippen LogP contribution in [-0.2, 0) is 22.6 Å². The van der Waals surface area contributed by atoms with Crippen molar-refractivity contribution in [3.8, 4) is 0 Å². The summed E-state index contributed by atoms with van der Waals surface area (Å²) >= 11 is 0. The largest absolute Gasteiger partial charge is 0.481 e. The zero-order valence-corrected chi connectivity index (χ0v) is 12.3. The predicted octanol–water partition coefficient (Wildman–Crippen LogP) is 1.50. The smallest absolute Gasteiger partial charge is 0.305 e. The van der Waals surface area contributed by atoms with Crippen molar-refractivity contribution in [3.05, 3.63) is 18.0 Å². The molecule has 1 aromatic rings. The molecule has 1 saturated heterocycles. The molecular formula is C15H23N3O3. The fourth-order valence-electron chi connectivity index (χ4n) is 3.43. The van der Waals surface area contributed by atoms with Crippen molar-refractivity contribution in [2.75, 3.05) is 13.2 Å². The van der Waals surface area contributed by atoms with E-state index in [1.165, 1.54) is 25.7 Å². The van der Waals surface area contributed by atoms with Crippen LogP contribution in [0.4, 0.5) is 0 Å². The van der Waals surface area contributed by atoms with Gasteiger partial charge in [0.1, 0.15) is 0 Å². The van der Waals surface area contributed by atoms with Crippen molar-refractivity contribution < 1.29 is 14.6 Å². The molecule has 2 atom stereocenters. The zero-order chi connectivity index (χ0) is 14.7. The molecule has 2 aliphatic rings. The SMILES string of the molecule is O=C(O)CCn1cc(CN2CCO[C@@H]3CCCC[C@H]32)cn1. The van der Waals surface area contributed by atoms with Crippen molar-refractivity contribution in [1.29, 1.82) is 0 Å². The third-order valence-electron chi connectivity index (χ3n) is 4.47. The average molecular weight is 293 g/mol. The van der Waals surface area contributed by atoms with Gasteiger partial charge in [0.25, 0.3) is 0 Å². The first kappa shape index (κ1) is 14.5. The van der Waals surface area contributed by atoms with Crippen molar-refractivity contribution in [1.82, 2.24) is 14.7 Å². The molecule has 6 heteroatoms. The number of nitrogens with zero attached hydrogens (tertiary/aromatic N) is 3. The highest BCUT2D eigenvalue weighted by Crippen LogP contribution is 2.29. The number of carboxylic acid groups (broad SMARTS) is 1. The van der Waals surface area contributed by atoms with Gasteiger partial charge in [0, 0.05) is 30.9 Å². The Morgan fingerprint density at radius 1 is 1.43 bits per heavy atom. The second-order valence-corrected chi connectivity index (χ2v) is 5.99. The van der Waals surface area contributed by atoms with Crippen molar-refractivity contribution in [2.45, 2.75) is 57.3 Å². The van der Waals surface area contributed by atoms with Gasteiger partial charge in [-0.15, -0.1) is 0 Å². The molecule has 3 rings (SSSR count). The summed E-state index contributed by atoms with van der Waals surface area (Å²) in [6.07, 6.45) is 9.31. The van der Waals surface area contributed by atoms with Gasteiger partial charge in [-0.2, -0.15) is 5.10 Å². The zero-order valence-electron chi connectivity index (χ0n) is 12.3. The number of rotatable bonds is 5. The third kappa shape index (κ3) is 3.63. The van der Waals surface area contributed by atoms with E-state index in [4.69, 9.17) is 9.84 Å². The van der Waals surface area contributed by atoms with Crippen LogP contribution in [0, 0.1) is 0 Å². The molecule has 1 saturated carbocycles. The van der Waals surface area contributed by atoms with Crippen LogP contribution >= 0.6 is 0 Å². The molecule has 0 spiro atoms. The minimum absolute atomic E-state index is 0.114. The molecule has 0 aromatic carbocycles. The lowest BCUT2D eigenvalue weighted by atomic mass is 9.90. The van der Waals surface area contributed by atoms with E-state index >= 15 is 0 Å². The van der Waals surface area contributed by atoms with Gasteiger partial charge in [0.05, 0.1) is 31.9 Å². The number of aryl methyl sites for hydroxylation is 1. The maximum absolute atomic E-state index is 10.6. The van der Waals surface area contributed by atoms with Crippen molar-refractivity contribution in [3.63, 3.8) is 0 Å². The first-order valence-electron chi connectivity index (χ1n) is 7.81. The summed E-state index contributed by atoms with van der Waals surface area (Å²) in [5.74, 6) is -0.787. The molecule has 6 nitrogen and oxygen atoms in total. The van der Waals surface area contributed by atoms with Gasteiger partial charge in [-0.1, -0.05) is 12.8 Å². The summed E-state index contributed by atoms with van der Waals surface area (Å²) in [5, 5.41) is 13.0. The number of hydrogen-bond acceptors (Lipinski definition) is 4. The van der Waals surface area contributed by atoms with Gasteiger partial charge in [-0.05, 0) is 12.8 Å². The fraction of sp³-hybridized carbons (Fsp3) is 0.733. The third-order valence-corrected chi connectivity index (χ3v) is 4.47. The first-order valence-corrected chi connectivity index (χ1v) is 7.81. The molecule has 2 fully saturated rings. The Morgan fingerprint density at radius 3 is 3.14 bits per heavy atom. The van der Waals surface area contributed by atoms with E-state index < -0.39 is 5.97 Å². The Morgan fingerprint density at radius 2 is 2.29 bits per heavy atom. The molecular weight excluding hydrogens is 270 g/mol. The number of ether oxygens (including phenoxy) is 1. The van der Waals surface area contributed by atoms with Crippen LogP contribution in [0.5, 0.6) is 0 Å². The Hall–Kier alpha value is -1.40. The maximum atomic E-state index is 10.6. The second kappa shape index (κ2) is 6.58. The Balaban J connectivity index is 1.59. The Bertz CT molecular complexity index is 486. The summed E-state index contributed by atoms with van der Waals surface area (Å²) in [6.45, 7) is 3.11. The molecule has 1 aliphatic carbocycles. The van der Waals surface area contributed by atoms with Crippen LogP contribution in [0.1, 0.15) is 37.7 Å². The number of carbonyl (C=O) groups is 1. The van der Waals surface area contributed by atoms with Gasteiger partial charge in [0.15, 0.2) is 0 Å². The lowest BCUT2D eigenvalue weighted by Gasteiger charge is -2.43. The molecule has 2 heterocycles. The summed E-state index contributed by atoms with van der Waals surface area (Å²) < 4.78 is 7.62. The van der Waals surface area contributed by atoms with E-state index in [-0.39, 0.29) is 6.42 Å². The van der Waals surface area contributed by atoms with Gasteiger partial charge in [-0.25, -0.2) is 0 Å². The molecule has 0 bridgehead atoms. The van der Waals surface area contributed by atoms with Crippen LogP contribution in [0.15, 0.2) is 12.4 Å². The summed E-state index contributed by atoms with van der Waals surface area (Å²) in [7, 11) is 0. The molecule has 21 heavy (non-hydrogen) atoms. The Kier molecular flexibility index (Phi) is 4.55. The first-order chi connectivity index (χ1) is 10.2. The quantitative estimate of drug-likeness (QED) is 0.891. The minimum Gasteiger partial charge on any atom is -0.481 e. The number of aliphatic carboxylic acids is 1. The summed E-state index contributed by atoms with van der Waals surface area (Å²) in [6, 6.07) is 0.537. The topological polar surface area (TPSA) is 67.6 Å². The number of carboxylic acids is 1. The predicted molar refractivity (Wildman–Crippen MR) is 76.9 cm³/mol. The van der Waals surface area contributed by atoms with E-state index in [9.17, 15) is 4.79 Å². The number of fused-ring (bicyclic) bond motifs is 1. The molecule has 116 valence electrons. The van der Waals surface area contributed by atoms with Crippen molar-refractivity contribution in [2.24, 2.45) is 0 Å². The van der Waals surface area contributed by atoms with E-state index in [0.717, 1.165) is 25.3 Å². The normalized spacial score (nSPS) is 26.5. The van der Waals surface area contributed by atoms with E-state index in [1.54, 1.807) is 4.68 Å². The maximum Gasteiger partial charge on any atom is 0.305 e. The number of hydrogen-bond donors (Lipinski definition) is 1. The molecule has 1 aliphatic heterocycles. The summed E-state index contributed by atoms with van der Waals surface area (Å²) in [5.41, 5.74) is 1.16. The average Bonchev–Trinajstić information content (AvgIpc) is 2.93. The highest BCUT2D eigenvalue weighted by atomic mass is 16.5. The number of aromatic nitrogens is 2. The van der Waals surface area contributed by atoms with Crippen LogP contribution in [0.25, 0.3) is 0 Å². The van der Waals surface area contributed by atoms with Crippen LogP contribution in [0.3, 0.4) is 0 Å². The minimum atomic E-state index is -0.787. The molecule has 1 aromatic heterocycles. The van der Waals surface area contributed by atoms with E-state index in [1.807, 2.05) is 12.4 Å². The van der Waals surface area contributed by atoms with Gasteiger partial charge < -0.3 is 9.84 Å². The van der Waals surface area contributed by atoms with Crippen LogP contribution < -0.4 is 0 Å². The lowest BCUT2D eigenvalue weighted by molar-refractivity contribution is -0.137. The second-order valence-electron chi connectivity index (χ2n) is 5.99. The molecule has 0 amide bonds. The monoisotopic (exact) mass is 293 g/mol. The Labute approximate surface area is 124 Å². The van der Waals surface area contributed by atoms with Gasteiger partial charge >= 0.3 is 5.97 Å². The van der Waals surface area contributed by atoms with E-state index in [2.05, 4.69) is 10.00 Å².